The summed E-state index contributed by atoms with van der Waals surface area (Å²) in [5.74, 6) is -2.85. The van der Waals surface area contributed by atoms with E-state index < -0.39 is 29.3 Å². The van der Waals surface area contributed by atoms with Crippen LogP contribution in [-0.4, -0.2) is 37.1 Å². The van der Waals surface area contributed by atoms with Gasteiger partial charge in [0.05, 0.1) is 16.5 Å². The van der Waals surface area contributed by atoms with Gasteiger partial charge in [0.1, 0.15) is 23.6 Å². The number of halogens is 5. The maximum atomic E-state index is 13.5. The van der Waals surface area contributed by atoms with Crippen LogP contribution in [-0.2, 0) is 25.8 Å². The molecule has 3 heterocycles. The molecule has 14 heteroatoms. The van der Waals surface area contributed by atoms with E-state index in [9.17, 15) is 31.9 Å². The Morgan fingerprint density at radius 1 is 0.955 bits per heavy atom. The number of aliphatic hydroxyl groups is 1. The zero-order valence-electron chi connectivity index (χ0n) is 23.0. The van der Waals surface area contributed by atoms with E-state index in [4.69, 9.17) is 5.73 Å². The molecule has 1 amide bonds. The lowest BCUT2D eigenvalue weighted by Gasteiger charge is -2.15. The predicted molar refractivity (Wildman–Crippen MR) is 153 cm³/mol. The summed E-state index contributed by atoms with van der Waals surface area (Å²) >= 11 is 0. The largest absolute Gasteiger partial charge is 0.417 e. The van der Waals surface area contributed by atoms with Crippen molar-refractivity contribution >= 4 is 28.6 Å². The van der Waals surface area contributed by atoms with Crippen molar-refractivity contribution in [1.29, 1.82) is 0 Å². The first-order valence-corrected chi connectivity index (χ1v) is 13.4. The van der Waals surface area contributed by atoms with Gasteiger partial charge in [-0.3, -0.25) is 4.79 Å². The van der Waals surface area contributed by atoms with Crippen LogP contribution in [0.2, 0.25) is 0 Å². The molecular formula is C30H26F5N7O2. The lowest BCUT2D eigenvalue weighted by atomic mass is 10.0. The highest BCUT2D eigenvalue weighted by Gasteiger charge is 2.32. The van der Waals surface area contributed by atoms with Crippen molar-refractivity contribution in [3.63, 3.8) is 0 Å². The van der Waals surface area contributed by atoms with E-state index >= 15 is 0 Å². The minimum absolute atomic E-state index is 0.0165. The Kier molecular flexibility index (Phi) is 8.71. The highest BCUT2D eigenvalue weighted by molar-refractivity contribution is 6.01. The Morgan fingerprint density at radius 3 is 2.41 bits per heavy atom. The molecule has 9 nitrogen and oxygen atoms in total. The molecule has 228 valence electrons. The summed E-state index contributed by atoms with van der Waals surface area (Å²) in [6.45, 7) is 0.412. The number of aliphatic hydroxyl groups excluding tert-OH is 1. The Balaban J connectivity index is 1.35. The van der Waals surface area contributed by atoms with Gasteiger partial charge in [-0.25, -0.2) is 23.7 Å². The first kappa shape index (κ1) is 30.4. The summed E-state index contributed by atoms with van der Waals surface area (Å²) in [5, 5.41) is 15.3. The fourth-order valence-corrected chi connectivity index (χ4v) is 4.63. The standard InChI is InChI=1S/C30H26F5N7O2/c31-23-7-4-18(10-24(23)32)13-39-29(44)21-11-20(30(33,34)35)14-38-27(21)37-12-17-2-5-19(6-3-17)22-15-42(8-1-9-43)28-25(22)26(36)40-16-41-28/h2-7,10-11,14-16,43H,1,8-9,12-13H2,(H,37,38)(H,39,44)(H2,36,40,41). The summed E-state index contributed by atoms with van der Waals surface area (Å²) in [6.07, 6.45) is -0.336. The molecule has 5 aromatic rings. The topological polar surface area (TPSA) is 131 Å². The lowest BCUT2D eigenvalue weighted by Crippen LogP contribution is -2.25. The Bertz CT molecular complexity index is 1810. The number of amides is 1. The van der Waals surface area contributed by atoms with Crippen LogP contribution in [0.1, 0.15) is 33.5 Å². The normalized spacial score (nSPS) is 11.6. The number of rotatable bonds is 10. The van der Waals surface area contributed by atoms with E-state index in [0.29, 0.717) is 42.1 Å². The quantitative estimate of drug-likeness (QED) is 0.158. The smallest absolute Gasteiger partial charge is 0.396 e. The zero-order valence-corrected chi connectivity index (χ0v) is 23.0. The second-order valence-electron chi connectivity index (χ2n) is 9.87. The first-order valence-electron chi connectivity index (χ1n) is 13.4. The van der Waals surface area contributed by atoms with E-state index in [-0.39, 0.29) is 36.6 Å². The summed E-state index contributed by atoms with van der Waals surface area (Å²) in [7, 11) is 0. The molecule has 0 bridgehead atoms. The van der Waals surface area contributed by atoms with Crippen LogP contribution in [0.15, 0.2) is 67.3 Å². The van der Waals surface area contributed by atoms with Gasteiger partial charge in [-0.15, -0.1) is 0 Å². The number of aryl methyl sites for hydroxylation is 1. The molecule has 3 aromatic heterocycles. The van der Waals surface area contributed by atoms with E-state index in [1.807, 2.05) is 22.9 Å². The molecular weight excluding hydrogens is 585 g/mol. The van der Waals surface area contributed by atoms with E-state index in [2.05, 4.69) is 25.6 Å². The minimum Gasteiger partial charge on any atom is -0.396 e. The number of nitrogens with one attached hydrogen (secondary N) is 2. The van der Waals surface area contributed by atoms with Crippen LogP contribution in [0.4, 0.5) is 33.6 Å². The Labute approximate surface area is 247 Å². The molecule has 0 aliphatic heterocycles. The third-order valence-electron chi connectivity index (χ3n) is 6.86. The zero-order chi connectivity index (χ0) is 31.4. The van der Waals surface area contributed by atoms with Gasteiger partial charge in [-0.2, -0.15) is 13.2 Å². The van der Waals surface area contributed by atoms with Gasteiger partial charge >= 0.3 is 6.18 Å². The van der Waals surface area contributed by atoms with Crippen molar-refractivity contribution in [1.82, 2.24) is 24.8 Å². The van der Waals surface area contributed by atoms with Crippen molar-refractivity contribution in [3.05, 3.63) is 101 Å². The fourth-order valence-electron chi connectivity index (χ4n) is 4.63. The van der Waals surface area contributed by atoms with Crippen LogP contribution in [0.25, 0.3) is 22.2 Å². The van der Waals surface area contributed by atoms with E-state index in [1.54, 1.807) is 12.1 Å². The molecule has 0 fully saturated rings. The van der Waals surface area contributed by atoms with Gasteiger partial charge in [0.25, 0.3) is 5.91 Å². The average molecular weight is 612 g/mol. The average Bonchev–Trinajstić information content (AvgIpc) is 3.39. The monoisotopic (exact) mass is 611 g/mol. The molecule has 0 saturated heterocycles. The second-order valence-corrected chi connectivity index (χ2v) is 9.87. The molecule has 5 N–H and O–H groups in total. The van der Waals surface area contributed by atoms with Gasteiger partial charge in [-0.1, -0.05) is 30.3 Å². The highest BCUT2D eigenvalue weighted by atomic mass is 19.4. The maximum Gasteiger partial charge on any atom is 0.417 e. The maximum absolute atomic E-state index is 13.5. The molecule has 0 spiro atoms. The number of carbonyl (C=O) groups is 1. The van der Waals surface area contributed by atoms with Gasteiger partial charge < -0.3 is 26.0 Å². The van der Waals surface area contributed by atoms with Crippen molar-refractivity contribution in [3.8, 4) is 11.1 Å². The van der Waals surface area contributed by atoms with E-state index in [1.165, 1.54) is 12.4 Å². The summed E-state index contributed by atoms with van der Waals surface area (Å²) in [4.78, 5) is 25.2. The van der Waals surface area contributed by atoms with E-state index in [0.717, 1.165) is 28.8 Å². The third kappa shape index (κ3) is 6.59. The molecule has 44 heavy (non-hydrogen) atoms. The molecule has 2 aromatic carbocycles. The van der Waals surface area contributed by atoms with Gasteiger partial charge in [0, 0.05) is 44.2 Å². The molecule has 0 radical (unpaired) electrons. The number of benzene rings is 2. The second kappa shape index (κ2) is 12.6. The molecule has 0 saturated carbocycles. The minimum atomic E-state index is -4.74. The number of hydrogen-bond donors (Lipinski definition) is 4. The van der Waals surface area contributed by atoms with Crippen molar-refractivity contribution < 1.29 is 31.9 Å². The molecule has 0 atom stereocenters. The summed E-state index contributed by atoms with van der Waals surface area (Å²) in [6, 6.07) is 11.0. The van der Waals surface area contributed by atoms with Crippen LogP contribution >= 0.6 is 0 Å². The van der Waals surface area contributed by atoms with Crippen molar-refractivity contribution in [2.45, 2.75) is 32.2 Å². The first-order chi connectivity index (χ1) is 21.0. The summed E-state index contributed by atoms with van der Waals surface area (Å²) < 4.78 is 68.9. The molecule has 0 aliphatic rings. The number of nitrogens with zero attached hydrogens (tertiary/aromatic N) is 4. The number of nitrogen functional groups attached to an aromatic ring is 1. The number of fused-ring (bicyclic) bond motifs is 1. The lowest BCUT2D eigenvalue weighted by molar-refractivity contribution is -0.137. The Hall–Kier alpha value is -5.11. The highest BCUT2D eigenvalue weighted by Crippen LogP contribution is 2.33. The van der Waals surface area contributed by atoms with Crippen LogP contribution in [0.3, 0.4) is 0 Å². The molecule has 5 rings (SSSR count). The number of pyridine rings is 1. The van der Waals surface area contributed by atoms with Gasteiger partial charge in [0.2, 0.25) is 0 Å². The van der Waals surface area contributed by atoms with Gasteiger partial charge in [-0.05, 0) is 41.3 Å². The number of nitrogens with two attached hydrogens (primary N) is 1. The van der Waals surface area contributed by atoms with Crippen LogP contribution < -0.4 is 16.4 Å². The number of hydrogen-bond acceptors (Lipinski definition) is 7. The third-order valence-corrected chi connectivity index (χ3v) is 6.86. The van der Waals surface area contributed by atoms with Gasteiger partial charge in [0.15, 0.2) is 11.6 Å². The van der Waals surface area contributed by atoms with Crippen LogP contribution in [0, 0.1) is 11.6 Å². The molecule has 0 unspecified atom stereocenters. The summed E-state index contributed by atoms with van der Waals surface area (Å²) in [5.41, 5.74) is 7.86. The number of aromatic nitrogens is 4. The van der Waals surface area contributed by atoms with Crippen molar-refractivity contribution in [2.75, 3.05) is 17.7 Å². The Morgan fingerprint density at radius 2 is 1.70 bits per heavy atom. The van der Waals surface area contributed by atoms with Crippen LogP contribution in [0.5, 0.6) is 0 Å². The number of alkyl halides is 3. The number of carbonyl (C=O) groups excluding carboxylic acids is 1. The fraction of sp³-hybridized carbons (Fsp3) is 0.200. The predicted octanol–water partition coefficient (Wildman–Crippen LogP) is 5.30. The van der Waals surface area contributed by atoms with Crippen molar-refractivity contribution in [2.24, 2.45) is 0 Å². The number of anilines is 2. The SMILES string of the molecule is Nc1ncnc2c1c(-c1ccc(CNc3ncc(C(F)(F)F)cc3C(=O)NCc3ccc(F)c(F)c3)cc1)cn2CCCO. The molecule has 0 aliphatic carbocycles.